The average Bonchev–Trinajstić information content (AvgIpc) is 3.91. The molecule has 0 aliphatic carbocycles. The van der Waals surface area contributed by atoms with Gasteiger partial charge in [0.05, 0.1) is 5.69 Å². The molecule has 0 bridgehead atoms. The summed E-state index contributed by atoms with van der Waals surface area (Å²) in [7, 11) is 0. The zero-order valence-electron chi connectivity index (χ0n) is 41.2. The zero-order chi connectivity index (χ0) is 47.6. The highest BCUT2D eigenvalue weighted by molar-refractivity contribution is 6.91. The summed E-state index contributed by atoms with van der Waals surface area (Å²) in [5.41, 5.74) is 19.9. The van der Waals surface area contributed by atoms with E-state index < -0.39 is 0 Å². The fraction of sp³-hybridized carbons (Fsp3) is 0.188. The molecule has 4 heterocycles. The summed E-state index contributed by atoms with van der Waals surface area (Å²) < 4.78 is 10.3. The lowest BCUT2D eigenvalue weighted by atomic mass is 9.44. The second-order valence-electron chi connectivity index (χ2n) is 22.2. The largest absolute Gasteiger partial charge is 0.440 e. The molecule has 0 saturated heterocycles. The normalized spacial score (nSPS) is 13.2. The first-order chi connectivity index (χ1) is 33.2. The van der Waals surface area contributed by atoms with E-state index in [1.807, 2.05) is 0 Å². The molecule has 0 fully saturated rings. The van der Waals surface area contributed by atoms with Crippen molar-refractivity contribution < 1.29 is 4.42 Å². The molecule has 2 aromatic heterocycles. The minimum Gasteiger partial charge on any atom is -0.440 e. The van der Waals surface area contributed by atoms with Crippen LogP contribution in [0.3, 0.4) is 0 Å². The molecule has 0 atom stereocenters. The molecular formula is C64H58BN3O. The van der Waals surface area contributed by atoms with Crippen molar-refractivity contribution in [3.8, 4) is 33.6 Å². The van der Waals surface area contributed by atoms with E-state index in [1.54, 1.807) is 0 Å². The van der Waals surface area contributed by atoms with Crippen molar-refractivity contribution in [3.05, 3.63) is 205 Å². The van der Waals surface area contributed by atoms with Crippen LogP contribution in [0.2, 0.25) is 0 Å². The van der Waals surface area contributed by atoms with Gasteiger partial charge < -0.3 is 13.8 Å². The molecule has 0 amide bonds. The molecule has 8 aromatic carbocycles. The Morgan fingerprint density at radius 3 is 1.59 bits per heavy atom. The number of benzene rings is 8. The molecule has 2 aliphatic rings. The molecule has 69 heavy (non-hydrogen) atoms. The van der Waals surface area contributed by atoms with Crippen LogP contribution in [0.5, 0.6) is 0 Å². The molecule has 0 N–H and O–H groups in total. The van der Waals surface area contributed by atoms with E-state index in [0.29, 0.717) is 0 Å². The van der Waals surface area contributed by atoms with Crippen LogP contribution in [-0.2, 0) is 16.2 Å². The lowest BCUT2D eigenvalue weighted by Crippen LogP contribution is -2.56. The van der Waals surface area contributed by atoms with Gasteiger partial charge in [-0.2, -0.15) is 0 Å². The van der Waals surface area contributed by atoms with Crippen LogP contribution in [0.4, 0.5) is 34.3 Å². The maximum Gasteiger partial charge on any atom is 0.337 e. The third-order valence-corrected chi connectivity index (χ3v) is 14.6. The van der Waals surface area contributed by atoms with Crippen molar-refractivity contribution in [3.63, 3.8) is 0 Å². The summed E-state index contributed by atoms with van der Waals surface area (Å²) in [6, 6.07) is 69.5. The van der Waals surface area contributed by atoms with E-state index in [4.69, 9.17) is 4.42 Å². The van der Waals surface area contributed by atoms with Crippen LogP contribution in [0.1, 0.15) is 79.0 Å². The van der Waals surface area contributed by atoms with Gasteiger partial charge in [-0.15, -0.1) is 0 Å². The SMILES string of the molecule is CC(C)(C)c1ccc(N2c3cc(C(C)(C)C)cc4c3B(c3c2oc(-c2ccccc2)c3-c2ccccc2)n2c3cccc(N(c5ccccc5)c5ccccc5)c3c3cc(C(C)(C)C)cc-4c32)cc1. The Morgan fingerprint density at radius 1 is 0.478 bits per heavy atom. The third-order valence-electron chi connectivity index (χ3n) is 14.6. The second-order valence-corrected chi connectivity index (χ2v) is 22.2. The number of hydrogen-bond acceptors (Lipinski definition) is 3. The standard InChI is InChI=1S/C64H58BN3O/c1-62(2,3)43-33-35-48(36-34-43)67-54-40-45(64(7,8)9)37-49-50-38-44(63(4,5)6)39-51-56-52(66(46-27-18-12-19-28-46)47-29-20-13-21-30-47)31-22-32-53(56)68(59(50)51)65(57(49)54)58-55(41-23-14-10-15-24-41)60(69-61(58)67)42-25-16-11-17-26-42/h10-40H,1-9H3. The van der Waals surface area contributed by atoms with Gasteiger partial charge in [-0.05, 0) is 116 Å². The van der Waals surface area contributed by atoms with Gasteiger partial charge in [-0.25, -0.2) is 0 Å². The fourth-order valence-corrected chi connectivity index (χ4v) is 11.1. The minimum atomic E-state index is -0.245. The Balaban J connectivity index is 1.28. The smallest absolute Gasteiger partial charge is 0.337 e. The predicted octanol–water partition coefficient (Wildman–Crippen LogP) is 16.5. The molecule has 0 radical (unpaired) electrons. The van der Waals surface area contributed by atoms with E-state index in [0.717, 1.165) is 62.2 Å². The number of rotatable bonds is 6. The van der Waals surface area contributed by atoms with E-state index in [-0.39, 0.29) is 23.1 Å². The first-order valence-electron chi connectivity index (χ1n) is 24.6. The van der Waals surface area contributed by atoms with Crippen molar-refractivity contribution in [2.24, 2.45) is 0 Å². The lowest BCUT2D eigenvalue weighted by Gasteiger charge is -2.40. The van der Waals surface area contributed by atoms with Crippen molar-refractivity contribution in [1.29, 1.82) is 0 Å². The summed E-state index contributed by atoms with van der Waals surface area (Å²) in [5, 5.41) is 2.48. The molecule has 4 nitrogen and oxygen atoms in total. The molecule has 5 heteroatoms. The molecule has 12 rings (SSSR count). The highest BCUT2D eigenvalue weighted by Gasteiger charge is 2.48. The van der Waals surface area contributed by atoms with Gasteiger partial charge in [0.2, 0.25) is 5.88 Å². The first-order valence-corrected chi connectivity index (χ1v) is 24.6. The van der Waals surface area contributed by atoms with E-state index in [2.05, 4.69) is 265 Å². The van der Waals surface area contributed by atoms with E-state index in [9.17, 15) is 0 Å². The maximum absolute atomic E-state index is 7.64. The summed E-state index contributed by atoms with van der Waals surface area (Å²) in [6.07, 6.45) is 0. The van der Waals surface area contributed by atoms with Gasteiger partial charge in [-0.3, -0.25) is 4.90 Å². The molecule has 0 spiro atoms. The number of furan rings is 1. The van der Waals surface area contributed by atoms with Crippen LogP contribution in [0.25, 0.3) is 55.4 Å². The number of aromatic nitrogens is 1. The molecule has 0 unspecified atom stereocenters. The summed E-state index contributed by atoms with van der Waals surface area (Å²) in [4.78, 5) is 4.89. The Kier molecular flexibility index (Phi) is 9.63. The third kappa shape index (κ3) is 6.80. The quantitative estimate of drug-likeness (QED) is 0.155. The number of anilines is 6. The number of fused-ring (bicyclic) bond motifs is 7. The van der Waals surface area contributed by atoms with Crippen LogP contribution in [0.15, 0.2) is 192 Å². The fourth-order valence-electron chi connectivity index (χ4n) is 11.1. The molecule has 10 aromatic rings. The summed E-state index contributed by atoms with van der Waals surface area (Å²) in [6.45, 7) is 20.7. The second kappa shape index (κ2) is 15.5. The number of para-hydroxylation sites is 2. The Labute approximate surface area is 407 Å². The van der Waals surface area contributed by atoms with Crippen LogP contribution in [-0.4, -0.2) is 11.3 Å². The summed E-state index contributed by atoms with van der Waals surface area (Å²) in [5.74, 6) is 1.72. The maximum atomic E-state index is 7.64. The highest BCUT2D eigenvalue weighted by atomic mass is 16.4. The predicted molar refractivity (Wildman–Crippen MR) is 294 cm³/mol. The van der Waals surface area contributed by atoms with E-state index in [1.165, 1.54) is 55.1 Å². The van der Waals surface area contributed by atoms with Gasteiger partial charge in [0.15, 0.2) is 0 Å². The molecule has 338 valence electrons. The van der Waals surface area contributed by atoms with E-state index >= 15 is 0 Å². The Bertz CT molecular complexity index is 3550. The van der Waals surface area contributed by atoms with Crippen LogP contribution < -0.4 is 20.7 Å². The molecular weight excluding hydrogens is 838 g/mol. The van der Waals surface area contributed by atoms with Gasteiger partial charge >= 0.3 is 6.85 Å². The highest BCUT2D eigenvalue weighted by Crippen LogP contribution is 2.53. The monoisotopic (exact) mass is 895 g/mol. The van der Waals surface area contributed by atoms with Gasteiger partial charge in [0.25, 0.3) is 0 Å². The average molecular weight is 896 g/mol. The Hall–Kier alpha value is -7.50. The zero-order valence-corrected chi connectivity index (χ0v) is 41.2. The number of nitrogens with zero attached hydrogens (tertiary/aromatic N) is 3. The molecule has 0 saturated carbocycles. The van der Waals surface area contributed by atoms with Crippen molar-refractivity contribution in [1.82, 2.24) is 4.48 Å². The van der Waals surface area contributed by atoms with Crippen molar-refractivity contribution in [2.45, 2.75) is 78.6 Å². The minimum absolute atomic E-state index is 0.00157. The van der Waals surface area contributed by atoms with Crippen molar-refractivity contribution in [2.75, 3.05) is 9.80 Å². The van der Waals surface area contributed by atoms with Crippen LogP contribution >= 0.6 is 0 Å². The van der Waals surface area contributed by atoms with Gasteiger partial charge in [-0.1, -0.05) is 184 Å². The first kappa shape index (κ1) is 42.8. The molecule has 2 aliphatic heterocycles. The van der Waals surface area contributed by atoms with Crippen molar-refractivity contribution >= 4 is 73.9 Å². The van der Waals surface area contributed by atoms with Gasteiger partial charge in [0, 0.05) is 66.7 Å². The van der Waals surface area contributed by atoms with Gasteiger partial charge in [0.1, 0.15) is 5.76 Å². The Morgan fingerprint density at radius 2 is 1.01 bits per heavy atom. The topological polar surface area (TPSA) is 24.6 Å². The number of hydrogen-bond donors (Lipinski definition) is 0. The lowest BCUT2D eigenvalue weighted by molar-refractivity contribution is 0.584. The van der Waals surface area contributed by atoms with Crippen LogP contribution in [0, 0.1) is 0 Å². The summed E-state index contributed by atoms with van der Waals surface area (Å²) >= 11 is 0.